The summed E-state index contributed by atoms with van der Waals surface area (Å²) >= 11 is 18.3. The van der Waals surface area contributed by atoms with E-state index >= 15 is 0 Å². The maximum atomic E-state index is 6.11. The summed E-state index contributed by atoms with van der Waals surface area (Å²) in [5.41, 5.74) is 0. The monoisotopic (exact) mass is 390 g/mol. The van der Waals surface area contributed by atoms with E-state index in [0.717, 1.165) is 25.7 Å². The van der Waals surface area contributed by atoms with Crippen LogP contribution < -0.4 is 0 Å². The predicted octanol–water partition coefficient (Wildman–Crippen LogP) is 6.14. The Bertz CT molecular complexity index is 248. The van der Waals surface area contributed by atoms with Crippen LogP contribution in [0, 0.1) is 5.92 Å². The van der Waals surface area contributed by atoms with E-state index in [0.29, 0.717) is 26.6 Å². The number of hydrogen-bond acceptors (Lipinski definition) is 3. The number of unbranched alkanes of at least 4 members (excludes halogenated alkanes) is 5. The highest BCUT2D eigenvalue weighted by Crippen LogP contribution is 2.40. The van der Waals surface area contributed by atoms with Crippen molar-refractivity contribution in [1.82, 2.24) is 0 Å². The molecule has 1 atom stereocenters. The normalized spacial score (nSPS) is 13.4. The van der Waals surface area contributed by atoms with Gasteiger partial charge in [-0.2, -0.15) is 0 Å². The zero-order valence-corrected chi connectivity index (χ0v) is 16.9. The summed E-state index contributed by atoms with van der Waals surface area (Å²) in [6.45, 7) is 4.27. The lowest BCUT2D eigenvalue weighted by molar-refractivity contribution is -0.0668. The van der Waals surface area contributed by atoms with E-state index in [1.807, 2.05) is 0 Å². The summed E-state index contributed by atoms with van der Waals surface area (Å²) in [5.74, 6) is 0.0942. The molecule has 0 saturated heterocycles. The molecule has 0 amide bonds. The Balaban J connectivity index is 3.69. The fourth-order valence-corrected chi connectivity index (χ4v) is 3.05. The fraction of sp³-hybridized carbons (Fsp3) is 1.00. The Hall–Kier alpha value is 0.750. The molecule has 0 aromatic heterocycles. The van der Waals surface area contributed by atoms with E-state index in [2.05, 4.69) is 6.92 Å². The molecule has 0 heterocycles. The first-order valence-electron chi connectivity index (χ1n) is 8.73. The summed E-state index contributed by atoms with van der Waals surface area (Å²) in [7, 11) is 1.64. The third-order valence-electron chi connectivity index (χ3n) is 3.81. The zero-order chi connectivity index (χ0) is 17.4. The molecule has 0 spiro atoms. The molecule has 0 aliphatic rings. The summed E-state index contributed by atoms with van der Waals surface area (Å²) in [6.07, 6.45) is 10.2. The highest BCUT2D eigenvalue weighted by atomic mass is 35.6. The number of ether oxygens (including phenoxy) is 3. The zero-order valence-electron chi connectivity index (χ0n) is 14.6. The van der Waals surface area contributed by atoms with Crippen molar-refractivity contribution in [2.24, 2.45) is 5.92 Å². The maximum Gasteiger partial charge on any atom is 0.193 e. The lowest BCUT2D eigenvalue weighted by Crippen LogP contribution is -2.20. The SMILES string of the molecule is CCCCCCCCC(CCCOCOCCOC)C(Cl)(Cl)Cl. The predicted molar refractivity (Wildman–Crippen MR) is 99.7 cm³/mol. The standard InChI is InChI=1S/C17H33Cl3O3/c1-3-4-5-6-7-8-10-16(17(18,19)20)11-9-12-22-15-23-14-13-21-2/h16H,3-15H2,1-2H3. The smallest absolute Gasteiger partial charge is 0.193 e. The first-order chi connectivity index (χ1) is 11.0. The Labute approximate surface area is 157 Å². The summed E-state index contributed by atoms with van der Waals surface area (Å²) in [5, 5.41) is 0. The van der Waals surface area contributed by atoms with E-state index in [1.165, 1.54) is 32.1 Å². The minimum atomic E-state index is -1.18. The van der Waals surface area contributed by atoms with Crippen molar-refractivity contribution in [2.75, 3.05) is 33.7 Å². The molecule has 0 radical (unpaired) electrons. The van der Waals surface area contributed by atoms with Crippen molar-refractivity contribution in [3.8, 4) is 0 Å². The molecule has 0 aromatic rings. The minimum absolute atomic E-state index is 0.0942. The van der Waals surface area contributed by atoms with Crippen LogP contribution in [0.2, 0.25) is 0 Å². The lowest BCUT2D eigenvalue weighted by Gasteiger charge is -2.24. The third-order valence-corrected chi connectivity index (χ3v) is 4.73. The van der Waals surface area contributed by atoms with Gasteiger partial charge in [-0.05, 0) is 19.3 Å². The van der Waals surface area contributed by atoms with Crippen LogP contribution in [0.3, 0.4) is 0 Å². The molecule has 0 aromatic carbocycles. The van der Waals surface area contributed by atoms with Crippen LogP contribution in [0.15, 0.2) is 0 Å². The van der Waals surface area contributed by atoms with E-state index in [1.54, 1.807) is 7.11 Å². The second kappa shape index (κ2) is 16.2. The van der Waals surface area contributed by atoms with Gasteiger partial charge >= 0.3 is 0 Å². The number of alkyl halides is 3. The molecule has 0 bridgehead atoms. The lowest BCUT2D eigenvalue weighted by atomic mass is 9.97. The Morgan fingerprint density at radius 3 is 2.04 bits per heavy atom. The van der Waals surface area contributed by atoms with E-state index in [9.17, 15) is 0 Å². The molecule has 0 fully saturated rings. The van der Waals surface area contributed by atoms with Crippen molar-refractivity contribution in [3.63, 3.8) is 0 Å². The van der Waals surface area contributed by atoms with Crippen molar-refractivity contribution in [2.45, 2.75) is 68.5 Å². The average Bonchev–Trinajstić information content (AvgIpc) is 2.50. The highest BCUT2D eigenvalue weighted by Gasteiger charge is 2.31. The average molecular weight is 392 g/mol. The number of methoxy groups -OCH3 is 1. The largest absolute Gasteiger partial charge is 0.382 e. The maximum absolute atomic E-state index is 6.11. The Morgan fingerprint density at radius 2 is 1.39 bits per heavy atom. The van der Waals surface area contributed by atoms with Crippen molar-refractivity contribution in [3.05, 3.63) is 0 Å². The molecule has 0 rings (SSSR count). The molecule has 140 valence electrons. The van der Waals surface area contributed by atoms with Gasteiger partial charge in [0.25, 0.3) is 0 Å². The van der Waals surface area contributed by atoms with Crippen LogP contribution in [0.4, 0.5) is 0 Å². The van der Waals surface area contributed by atoms with Crippen LogP contribution in [0.1, 0.15) is 64.7 Å². The van der Waals surface area contributed by atoms with Gasteiger partial charge in [-0.15, -0.1) is 0 Å². The van der Waals surface area contributed by atoms with E-state index in [4.69, 9.17) is 49.0 Å². The second-order valence-corrected chi connectivity index (χ2v) is 8.23. The molecule has 23 heavy (non-hydrogen) atoms. The molecule has 6 heteroatoms. The third kappa shape index (κ3) is 16.0. The topological polar surface area (TPSA) is 27.7 Å². The second-order valence-electron chi connectivity index (χ2n) is 5.86. The molecular formula is C17H33Cl3O3. The molecule has 3 nitrogen and oxygen atoms in total. The van der Waals surface area contributed by atoms with Gasteiger partial charge in [0.05, 0.1) is 13.2 Å². The minimum Gasteiger partial charge on any atom is -0.382 e. The first-order valence-corrected chi connectivity index (χ1v) is 9.86. The van der Waals surface area contributed by atoms with E-state index in [-0.39, 0.29) is 5.92 Å². The van der Waals surface area contributed by atoms with Gasteiger partial charge < -0.3 is 14.2 Å². The van der Waals surface area contributed by atoms with Crippen LogP contribution in [0.5, 0.6) is 0 Å². The van der Waals surface area contributed by atoms with Crippen molar-refractivity contribution in [1.29, 1.82) is 0 Å². The van der Waals surface area contributed by atoms with Gasteiger partial charge in [0.2, 0.25) is 0 Å². The number of halogens is 3. The summed E-state index contributed by atoms with van der Waals surface area (Å²) < 4.78 is 14.3. The van der Waals surface area contributed by atoms with Crippen molar-refractivity contribution >= 4 is 34.8 Å². The Morgan fingerprint density at radius 1 is 0.783 bits per heavy atom. The molecular weight excluding hydrogens is 359 g/mol. The van der Waals surface area contributed by atoms with Gasteiger partial charge in [0.1, 0.15) is 6.79 Å². The number of hydrogen-bond donors (Lipinski definition) is 0. The van der Waals surface area contributed by atoms with Gasteiger partial charge in [-0.1, -0.05) is 80.3 Å². The molecule has 0 N–H and O–H groups in total. The van der Waals surface area contributed by atoms with Gasteiger partial charge in [0.15, 0.2) is 3.79 Å². The van der Waals surface area contributed by atoms with Gasteiger partial charge in [-0.25, -0.2) is 0 Å². The van der Waals surface area contributed by atoms with Crippen LogP contribution in [-0.4, -0.2) is 37.5 Å². The quantitative estimate of drug-likeness (QED) is 0.180. The van der Waals surface area contributed by atoms with E-state index < -0.39 is 3.79 Å². The van der Waals surface area contributed by atoms with Crippen LogP contribution in [0.25, 0.3) is 0 Å². The molecule has 0 aliphatic carbocycles. The van der Waals surface area contributed by atoms with Gasteiger partial charge in [-0.3, -0.25) is 0 Å². The molecule has 0 aliphatic heterocycles. The van der Waals surface area contributed by atoms with Gasteiger partial charge in [0, 0.05) is 19.6 Å². The van der Waals surface area contributed by atoms with Crippen LogP contribution >= 0.6 is 34.8 Å². The fourth-order valence-electron chi connectivity index (χ4n) is 2.39. The highest BCUT2D eigenvalue weighted by molar-refractivity contribution is 6.67. The number of rotatable bonds is 16. The van der Waals surface area contributed by atoms with Crippen molar-refractivity contribution < 1.29 is 14.2 Å². The molecule has 1 unspecified atom stereocenters. The van der Waals surface area contributed by atoms with Crippen LogP contribution in [-0.2, 0) is 14.2 Å². The first kappa shape index (κ1) is 23.8. The Kier molecular flexibility index (Phi) is 16.8. The summed E-state index contributed by atoms with van der Waals surface area (Å²) in [6, 6.07) is 0. The molecule has 0 saturated carbocycles. The summed E-state index contributed by atoms with van der Waals surface area (Å²) in [4.78, 5) is 0.